The molecule has 0 unspecified atom stereocenters. The number of rotatable bonds is 3. The third-order valence-electron chi connectivity index (χ3n) is 5.54. The fourth-order valence-electron chi connectivity index (χ4n) is 3.92. The van der Waals surface area contributed by atoms with Gasteiger partial charge in [0, 0.05) is 55.0 Å². The minimum atomic E-state index is -4.35. The Morgan fingerprint density at radius 2 is 1.74 bits per heavy atom. The van der Waals surface area contributed by atoms with Crippen molar-refractivity contribution in [1.29, 1.82) is 0 Å². The van der Waals surface area contributed by atoms with Crippen LogP contribution in [0, 0.1) is 0 Å². The summed E-state index contributed by atoms with van der Waals surface area (Å²) in [5, 5.41) is 1.13. The first-order valence-electron chi connectivity index (χ1n) is 10.0. The molecule has 0 amide bonds. The summed E-state index contributed by atoms with van der Waals surface area (Å²) in [6.45, 7) is 2.37. The van der Waals surface area contributed by atoms with E-state index in [4.69, 9.17) is 0 Å². The number of halogens is 3. The molecule has 7 heteroatoms. The molecule has 0 spiro atoms. The molecule has 0 N–H and O–H groups in total. The second-order valence-corrected chi connectivity index (χ2v) is 7.74. The predicted octanol–water partition coefficient (Wildman–Crippen LogP) is 5.27. The molecule has 156 valence electrons. The Bertz CT molecular complexity index is 1240. The molecule has 0 aliphatic carbocycles. The first-order valence-corrected chi connectivity index (χ1v) is 10.0. The average molecular weight is 420 g/mol. The highest BCUT2D eigenvalue weighted by Crippen LogP contribution is 2.30. The number of fused-ring (bicyclic) bond motifs is 2. The lowest BCUT2D eigenvalue weighted by atomic mass is 10.1. The molecule has 0 saturated heterocycles. The van der Waals surface area contributed by atoms with Crippen molar-refractivity contribution in [1.82, 2.24) is 19.9 Å². The van der Waals surface area contributed by atoms with Crippen molar-refractivity contribution in [2.45, 2.75) is 25.7 Å². The van der Waals surface area contributed by atoms with E-state index in [0.29, 0.717) is 11.4 Å². The summed E-state index contributed by atoms with van der Waals surface area (Å²) in [4.78, 5) is 15.9. The quantitative estimate of drug-likeness (QED) is 0.453. The van der Waals surface area contributed by atoms with Crippen LogP contribution < -0.4 is 0 Å². The van der Waals surface area contributed by atoms with Gasteiger partial charge in [-0.05, 0) is 29.8 Å². The zero-order valence-corrected chi connectivity index (χ0v) is 16.6. The molecule has 1 aliphatic heterocycles. The minimum Gasteiger partial charge on any atom is -0.294 e. The van der Waals surface area contributed by atoms with Gasteiger partial charge in [0.1, 0.15) is 0 Å². The topological polar surface area (TPSA) is 41.9 Å². The number of aromatic nitrogens is 3. The first kappa shape index (κ1) is 19.6. The molecule has 2 aromatic carbocycles. The van der Waals surface area contributed by atoms with Crippen LogP contribution in [-0.4, -0.2) is 26.4 Å². The fourth-order valence-corrected chi connectivity index (χ4v) is 3.92. The van der Waals surface area contributed by atoms with Gasteiger partial charge in [-0.3, -0.25) is 9.88 Å². The fraction of sp³-hybridized carbons (Fsp3) is 0.208. The lowest BCUT2D eigenvalue weighted by Crippen LogP contribution is -2.31. The highest BCUT2D eigenvalue weighted by molar-refractivity contribution is 5.78. The van der Waals surface area contributed by atoms with Crippen molar-refractivity contribution >= 4 is 10.9 Å². The van der Waals surface area contributed by atoms with Gasteiger partial charge in [-0.25, -0.2) is 9.97 Å². The summed E-state index contributed by atoms with van der Waals surface area (Å²) < 4.78 is 38.3. The van der Waals surface area contributed by atoms with Crippen LogP contribution in [0.1, 0.15) is 22.4 Å². The van der Waals surface area contributed by atoms with Crippen molar-refractivity contribution in [3.8, 4) is 11.4 Å². The van der Waals surface area contributed by atoms with E-state index in [-0.39, 0.29) is 0 Å². The van der Waals surface area contributed by atoms with Crippen molar-refractivity contribution in [2.75, 3.05) is 6.54 Å². The van der Waals surface area contributed by atoms with E-state index in [9.17, 15) is 13.2 Å². The van der Waals surface area contributed by atoms with Gasteiger partial charge < -0.3 is 0 Å². The highest BCUT2D eigenvalue weighted by Gasteiger charge is 2.30. The Morgan fingerprint density at radius 1 is 0.935 bits per heavy atom. The number of para-hydroxylation sites is 1. The van der Waals surface area contributed by atoms with Gasteiger partial charge in [0.2, 0.25) is 0 Å². The number of benzene rings is 2. The second-order valence-electron chi connectivity index (χ2n) is 7.74. The zero-order chi connectivity index (χ0) is 21.4. The van der Waals surface area contributed by atoms with Crippen molar-refractivity contribution < 1.29 is 13.2 Å². The van der Waals surface area contributed by atoms with E-state index < -0.39 is 11.7 Å². The minimum absolute atomic E-state index is 0.458. The molecule has 0 atom stereocenters. The maximum atomic E-state index is 12.8. The molecule has 0 saturated carbocycles. The van der Waals surface area contributed by atoms with Gasteiger partial charge in [0.25, 0.3) is 0 Å². The Balaban J connectivity index is 1.31. The maximum absolute atomic E-state index is 12.8. The van der Waals surface area contributed by atoms with Crippen molar-refractivity contribution in [3.05, 3.63) is 89.4 Å². The largest absolute Gasteiger partial charge is 0.416 e. The van der Waals surface area contributed by atoms with Crippen LogP contribution in [-0.2, 0) is 25.7 Å². The third kappa shape index (κ3) is 4.14. The highest BCUT2D eigenvalue weighted by atomic mass is 19.4. The molecule has 5 rings (SSSR count). The van der Waals surface area contributed by atoms with E-state index in [0.717, 1.165) is 65.9 Å². The molecule has 31 heavy (non-hydrogen) atoms. The molecule has 4 aromatic rings. The zero-order valence-electron chi connectivity index (χ0n) is 16.6. The van der Waals surface area contributed by atoms with Gasteiger partial charge in [-0.2, -0.15) is 13.2 Å². The summed E-state index contributed by atoms with van der Waals surface area (Å²) in [6.07, 6.45) is 0.133. The molecular weight excluding hydrogens is 401 g/mol. The van der Waals surface area contributed by atoms with Crippen molar-refractivity contribution in [3.63, 3.8) is 0 Å². The Morgan fingerprint density at radius 3 is 2.55 bits per heavy atom. The van der Waals surface area contributed by atoms with Gasteiger partial charge in [0.15, 0.2) is 5.82 Å². The Labute approximate surface area is 177 Å². The first-order chi connectivity index (χ1) is 15.0. The lowest BCUT2D eigenvalue weighted by molar-refractivity contribution is -0.137. The summed E-state index contributed by atoms with van der Waals surface area (Å²) in [6, 6.07) is 15.2. The number of hydrogen-bond acceptors (Lipinski definition) is 4. The van der Waals surface area contributed by atoms with Gasteiger partial charge in [-0.1, -0.05) is 30.3 Å². The number of nitrogens with zero attached hydrogens (tertiary/aromatic N) is 4. The molecule has 0 bridgehead atoms. The van der Waals surface area contributed by atoms with Crippen LogP contribution in [0.25, 0.3) is 22.3 Å². The lowest BCUT2D eigenvalue weighted by Gasteiger charge is -2.28. The Hall–Kier alpha value is -3.32. The third-order valence-corrected chi connectivity index (χ3v) is 5.54. The second kappa shape index (κ2) is 7.74. The Kier molecular flexibility index (Phi) is 4.90. The van der Waals surface area contributed by atoms with Crippen LogP contribution in [0.15, 0.2) is 67.0 Å². The monoisotopic (exact) mass is 420 g/mol. The van der Waals surface area contributed by atoms with E-state index >= 15 is 0 Å². The average Bonchev–Trinajstić information content (AvgIpc) is 2.78. The van der Waals surface area contributed by atoms with Gasteiger partial charge in [-0.15, -0.1) is 0 Å². The van der Waals surface area contributed by atoms with Crippen LogP contribution in [0.2, 0.25) is 0 Å². The predicted molar refractivity (Wildman–Crippen MR) is 112 cm³/mol. The van der Waals surface area contributed by atoms with Crippen LogP contribution in [0.3, 0.4) is 0 Å². The van der Waals surface area contributed by atoms with Gasteiger partial charge >= 0.3 is 6.18 Å². The summed E-state index contributed by atoms with van der Waals surface area (Å²) in [7, 11) is 0. The van der Waals surface area contributed by atoms with Crippen LogP contribution in [0.5, 0.6) is 0 Å². The van der Waals surface area contributed by atoms with E-state index in [2.05, 4.69) is 32.0 Å². The normalized spacial score (nSPS) is 14.5. The summed E-state index contributed by atoms with van der Waals surface area (Å²) >= 11 is 0. The smallest absolute Gasteiger partial charge is 0.294 e. The van der Waals surface area contributed by atoms with Crippen LogP contribution in [0.4, 0.5) is 13.2 Å². The standard InChI is InChI=1S/C24H19F3N4/c25-24(26,27)20-7-5-17(6-8-20)23-29-13-19-15-31(10-9-22(19)30-23)14-16-11-18-3-1-2-4-21(18)28-12-16/h1-8,11-13H,9-10,14-15H2. The van der Waals surface area contributed by atoms with E-state index in [1.165, 1.54) is 12.1 Å². The molecule has 4 nitrogen and oxygen atoms in total. The molecule has 3 heterocycles. The summed E-state index contributed by atoms with van der Waals surface area (Å²) in [5.41, 5.74) is 4.06. The van der Waals surface area contributed by atoms with E-state index in [1.807, 2.05) is 24.4 Å². The molecular formula is C24H19F3N4. The SMILES string of the molecule is FC(F)(F)c1ccc(-c2ncc3c(n2)CCN(Cc2cnc4ccccc4c2)C3)cc1. The van der Waals surface area contributed by atoms with Gasteiger partial charge in [0.05, 0.1) is 16.8 Å². The molecule has 2 aromatic heterocycles. The van der Waals surface area contributed by atoms with E-state index in [1.54, 1.807) is 6.20 Å². The molecule has 1 aliphatic rings. The number of alkyl halides is 3. The number of pyridine rings is 1. The summed E-state index contributed by atoms with van der Waals surface area (Å²) in [5.74, 6) is 0.458. The molecule has 0 radical (unpaired) electrons. The maximum Gasteiger partial charge on any atom is 0.416 e. The van der Waals surface area contributed by atoms with Crippen molar-refractivity contribution in [2.24, 2.45) is 0 Å². The molecule has 0 fully saturated rings. The number of hydrogen-bond donors (Lipinski definition) is 0. The van der Waals surface area contributed by atoms with Crippen LogP contribution >= 0.6 is 0 Å².